The van der Waals surface area contributed by atoms with Gasteiger partial charge in [-0.1, -0.05) is 0 Å². The number of nitrogens with zero attached hydrogens (tertiary/aromatic N) is 2. The van der Waals surface area contributed by atoms with Crippen molar-refractivity contribution in [2.75, 3.05) is 7.11 Å². The van der Waals surface area contributed by atoms with Gasteiger partial charge in [0, 0.05) is 22.8 Å². The third-order valence-corrected chi connectivity index (χ3v) is 3.43. The lowest BCUT2D eigenvalue weighted by Crippen LogP contribution is -2.03. The van der Waals surface area contributed by atoms with Crippen LogP contribution >= 0.6 is 11.3 Å². The van der Waals surface area contributed by atoms with Gasteiger partial charge in [-0.05, 0) is 25.5 Å². The van der Waals surface area contributed by atoms with Gasteiger partial charge in [0.05, 0.1) is 7.11 Å². The zero-order valence-electron chi connectivity index (χ0n) is 9.85. The molecule has 0 unspecified atom stereocenters. The van der Waals surface area contributed by atoms with E-state index in [1.807, 2.05) is 19.9 Å². The third kappa shape index (κ3) is 2.19. The number of pyridine rings is 1. The zero-order valence-corrected chi connectivity index (χ0v) is 10.7. The normalized spacial score (nSPS) is 10.3. The van der Waals surface area contributed by atoms with E-state index in [1.54, 1.807) is 12.4 Å². The second-order valence-electron chi connectivity index (χ2n) is 3.61. The van der Waals surface area contributed by atoms with Gasteiger partial charge in [0.1, 0.15) is 5.01 Å². The number of hydrogen-bond donors (Lipinski definition) is 0. The number of esters is 1. The maximum atomic E-state index is 11.5. The number of thiazole rings is 1. The van der Waals surface area contributed by atoms with Crippen LogP contribution in [0.3, 0.4) is 0 Å². The van der Waals surface area contributed by atoms with Crippen LogP contribution < -0.4 is 0 Å². The van der Waals surface area contributed by atoms with Crippen molar-refractivity contribution in [2.24, 2.45) is 0 Å². The van der Waals surface area contributed by atoms with E-state index in [0.29, 0.717) is 5.69 Å². The van der Waals surface area contributed by atoms with Crippen LogP contribution in [0.4, 0.5) is 0 Å². The molecule has 2 aromatic heterocycles. The fourth-order valence-corrected chi connectivity index (χ4v) is 2.50. The Labute approximate surface area is 103 Å². The van der Waals surface area contributed by atoms with Crippen LogP contribution in [0.2, 0.25) is 0 Å². The summed E-state index contributed by atoms with van der Waals surface area (Å²) in [6.07, 6.45) is 3.50. The van der Waals surface area contributed by atoms with E-state index in [0.717, 1.165) is 21.0 Å². The van der Waals surface area contributed by atoms with Gasteiger partial charge in [-0.15, -0.1) is 11.3 Å². The molecule has 0 spiro atoms. The topological polar surface area (TPSA) is 52.1 Å². The standard InChI is InChI=1S/C12H12N2O2S/c1-7-6-13-5-4-9(7)11-14-10(8(2)17-11)12(15)16-3/h4-6H,1-3H3. The molecular weight excluding hydrogens is 236 g/mol. The van der Waals surface area contributed by atoms with Gasteiger partial charge in [-0.2, -0.15) is 0 Å². The lowest BCUT2D eigenvalue weighted by Gasteiger charge is -1.99. The largest absolute Gasteiger partial charge is 0.464 e. The Hall–Kier alpha value is -1.75. The minimum Gasteiger partial charge on any atom is -0.464 e. The van der Waals surface area contributed by atoms with Crippen LogP contribution in [0.5, 0.6) is 0 Å². The fourth-order valence-electron chi connectivity index (χ4n) is 1.51. The highest BCUT2D eigenvalue weighted by Crippen LogP contribution is 2.29. The molecule has 0 aliphatic rings. The first-order valence-electron chi connectivity index (χ1n) is 5.10. The summed E-state index contributed by atoms with van der Waals surface area (Å²) in [6, 6.07) is 1.90. The molecule has 0 atom stereocenters. The van der Waals surface area contributed by atoms with Crippen molar-refractivity contribution in [3.8, 4) is 10.6 Å². The molecule has 0 aliphatic heterocycles. The van der Waals surface area contributed by atoms with Crippen molar-refractivity contribution >= 4 is 17.3 Å². The number of methoxy groups -OCH3 is 1. The van der Waals surface area contributed by atoms with E-state index >= 15 is 0 Å². The van der Waals surface area contributed by atoms with Crippen molar-refractivity contribution in [2.45, 2.75) is 13.8 Å². The van der Waals surface area contributed by atoms with Gasteiger partial charge >= 0.3 is 5.97 Å². The number of hydrogen-bond acceptors (Lipinski definition) is 5. The molecule has 0 saturated carbocycles. The Morgan fingerprint density at radius 1 is 1.41 bits per heavy atom. The summed E-state index contributed by atoms with van der Waals surface area (Å²) >= 11 is 1.49. The second-order valence-corrected chi connectivity index (χ2v) is 4.81. The number of aryl methyl sites for hydroxylation is 2. The Morgan fingerprint density at radius 2 is 2.18 bits per heavy atom. The van der Waals surface area contributed by atoms with Gasteiger partial charge in [0.25, 0.3) is 0 Å². The Kier molecular flexibility index (Phi) is 3.19. The van der Waals surface area contributed by atoms with Crippen LogP contribution in [0.15, 0.2) is 18.5 Å². The third-order valence-electron chi connectivity index (χ3n) is 2.43. The number of ether oxygens (including phenoxy) is 1. The lowest BCUT2D eigenvalue weighted by atomic mass is 10.2. The molecule has 0 amide bonds. The first-order chi connectivity index (χ1) is 8.13. The second kappa shape index (κ2) is 4.63. The van der Waals surface area contributed by atoms with Crippen molar-refractivity contribution in [3.63, 3.8) is 0 Å². The van der Waals surface area contributed by atoms with Crippen LogP contribution in [0, 0.1) is 13.8 Å². The molecule has 0 saturated heterocycles. The highest BCUT2D eigenvalue weighted by atomic mass is 32.1. The maximum absolute atomic E-state index is 11.5. The molecule has 0 aliphatic carbocycles. The highest BCUT2D eigenvalue weighted by Gasteiger charge is 2.17. The first kappa shape index (κ1) is 11.7. The van der Waals surface area contributed by atoms with E-state index in [-0.39, 0.29) is 0 Å². The molecule has 5 heteroatoms. The first-order valence-corrected chi connectivity index (χ1v) is 5.92. The lowest BCUT2D eigenvalue weighted by molar-refractivity contribution is 0.0594. The van der Waals surface area contributed by atoms with Crippen molar-refractivity contribution in [1.29, 1.82) is 0 Å². The molecule has 2 heterocycles. The van der Waals surface area contributed by atoms with Gasteiger partial charge < -0.3 is 4.74 Å². The summed E-state index contributed by atoms with van der Waals surface area (Å²) in [5, 5.41) is 0.822. The molecule has 0 bridgehead atoms. The molecule has 17 heavy (non-hydrogen) atoms. The molecule has 0 aromatic carbocycles. The van der Waals surface area contributed by atoms with Gasteiger partial charge in [-0.3, -0.25) is 4.98 Å². The average Bonchev–Trinajstić information content (AvgIpc) is 2.71. The van der Waals surface area contributed by atoms with E-state index < -0.39 is 5.97 Å². The molecule has 4 nitrogen and oxygen atoms in total. The molecule has 0 fully saturated rings. The summed E-state index contributed by atoms with van der Waals surface area (Å²) in [7, 11) is 1.36. The summed E-state index contributed by atoms with van der Waals surface area (Å²) < 4.78 is 4.69. The van der Waals surface area contributed by atoms with E-state index in [4.69, 9.17) is 0 Å². The SMILES string of the molecule is COC(=O)c1nc(-c2ccncc2C)sc1C. The molecule has 88 valence electrons. The smallest absolute Gasteiger partial charge is 0.357 e. The summed E-state index contributed by atoms with van der Waals surface area (Å²) in [4.78, 5) is 20.7. The van der Waals surface area contributed by atoms with Crippen LogP contribution in [0.25, 0.3) is 10.6 Å². The monoisotopic (exact) mass is 248 g/mol. The van der Waals surface area contributed by atoms with Crippen molar-refractivity contribution in [1.82, 2.24) is 9.97 Å². The summed E-state index contributed by atoms with van der Waals surface area (Å²) in [6.45, 7) is 3.83. The van der Waals surface area contributed by atoms with Crippen molar-refractivity contribution in [3.05, 3.63) is 34.6 Å². The Morgan fingerprint density at radius 3 is 2.82 bits per heavy atom. The minimum atomic E-state index is -0.392. The van der Waals surface area contributed by atoms with Crippen molar-refractivity contribution < 1.29 is 9.53 Å². The quantitative estimate of drug-likeness (QED) is 0.766. The Bertz CT molecular complexity index is 563. The number of aromatic nitrogens is 2. The van der Waals surface area contributed by atoms with Crippen LogP contribution in [-0.4, -0.2) is 23.0 Å². The molecule has 2 rings (SSSR count). The number of carbonyl (C=O) groups excluding carboxylic acids is 1. The number of carbonyl (C=O) groups is 1. The number of rotatable bonds is 2. The highest BCUT2D eigenvalue weighted by molar-refractivity contribution is 7.15. The van der Waals surface area contributed by atoms with Gasteiger partial charge in [0.2, 0.25) is 0 Å². The maximum Gasteiger partial charge on any atom is 0.357 e. The van der Waals surface area contributed by atoms with Gasteiger partial charge in [0.15, 0.2) is 5.69 Å². The Balaban J connectivity index is 2.49. The fraction of sp³-hybridized carbons (Fsp3) is 0.250. The molecule has 0 radical (unpaired) electrons. The van der Waals surface area contributed by atoms with Crippen LogP contribution in [0.1, 0.15) is 20.9 Å². The predicted molar refractivity (Wildman–Crippen MR) is 66.2 cm³/mol. The predicted octanol–water partition coefficient (Wildman–Crippen LogP) is 2.61. The van der Waals surface area contributed by atoms with E-state index in [9.17, 15) is 4.79 Å². The summed E-state index contributed by atoms with van der Waals surface area (Å²) in [5.41, 5.74) is 2.43. The van der Waals surface area contributed by atoms with E-state index in [1.165, 1.54) is 18.4 Å². The molecule has 0 N–H and O–H groups in total. The van der Waals surface area contributed by atoms with Crippen LogP contribution in [-0.2, 0) is 4.74 Å². The summed E-state index contributed by atoms with van der Waals surface area (Å²) in [5.74, 6) is -0.392. The molecule has 2 aromatic rings. The average molecular weight is 248 g/mol. The van der Waals surface area contributed by atoms with E-state index in [2.05, 4.69) is 14.7 Å². The molecular formula is C12H12N2O2S. The minimum absolute atomic E-state index is 0.392. The van der Waals surface area contributed by atoms with Gasteiger partial charge in [-0.25, -0.2) is 9.78 Å². The zero-order chi connectivity index (χ0) is 12.4.